The molecule has 0 N–H and O–H groups in total. The van der Waals surface area contributed by atoms with E-state index in [1.54, 1.807) is 18.3 Å². The molecule has 4 rings (SSSR count). The molecule has 2 aliphatic heterocycles. The van der Waals surface area contributed by atoms with Gasteiger partial charge in [0.05, 0.1) is 0 Å². The molecule has 140 valence electrons. The Bertz CT molecular complexity index is 864. The van der Waals surface area contributed by atoms with Crippen LogP contribution in [-0.4, -0.2) is 41.3 Å². The van der Waals surface area contributed by atoms with Crippen LogP contribution in [0.1, 0.15) is 52.6 Å². The van der Waals surface area contributed by atoms with Gasteiger partial charge in [0, 0.05) is 37.1 Å². The number of aryl methyl sites for hydroxylation is 1. The molecule has 5 nitrogen and oxygen atoms in total. The van der Waals surface area contributed by atoms with Crippen molar-refractivity contribution in [3.05, 3.63) is 59.4 Å². The Morgan fingerprint density at radius 2 is 1.93 bits per heavy atom. The second-order valence-corrected chi connectivity index (χ2v) is 7.62. The van der Waals surface area contributed by atoms with E-state index in [0.29, 0.717) is 23.7 Å². The van der Waals surface area contributed by atoms with Crippen LogP contribution in [0.3, 0.4) is 0 Å². The number of hydrogen-bond acceptors (Lipinski definition) is 3. The van der Waals surface area contributed by atoms with Gasteiger partial charge in [0.25, 0.3) is 11.8 Å². The topological polar surface area (TPSA) is 53.5 Å². The molecule has 2 aromatic rings. The Balaban J connectivity index is 1.58. The first-order valence-electron chi connectivity index (χ1n) is 9.78. The van der Waals surface area contributed by atoms with E-state index in [1.807, 2.05) is 28.0 Å². The van der Waals surface area contributed by atoms with Crippen LogP contribution >= 0.6 is 0 Å². The van der Waals surface area contributed by atoms with Crippen molar-refractivity contribution in [2.24, 2.45) is 5.92 Å². The minimum atomic E-state index is -0.0738. The summed E-state index contributed by atoms with van der Waals surface area (Å²) >= 11 is 0. The zero-order valence-electron chi connectivity index (χ0n) is 15.7. The van der Waals surface area contributed by atoms with Crippen molar-refractivity contribution in [2.75, 3.05) is 24.5 Å². The van der Waals surface area contributed by atoms with Gasteiger partial charge in [-0.25, -0.2) is 0 Å². The lowest BCUT2D eigenvalue weighted by Crippen LogP contribution is -2.39. The lowest BCUT2D eigenvalue weighted by atomic mass is 9.99. The molecule has 0 bridgehead atoms. The Hall–Kier alpha value is -2.69. The number of pyridine rings is 1. The molecule has 1 aromatic carbocycles. The minimum absolute atomic E-state index is 0.0642. The lowest BCUT2D eigenvalue weighted by Gasteiger charge is -2.31. The Morgan fingerprint density at radius 1 is 1.07 bits per heavy atom. The van der Waals surface area contributed by atoms with Crippen LogP contribution in [0.25, 0.3) is 0 Å². The number of carbonyl (C=O) groups is 2. The highest BCUT2D eigenvalue weighted by atomic mass is 16.2. The fraction of sp³-hybridized carbons (Fsp3) is 0.409. The Morgan fingerprint density at radius 3 is 2.78 bits per heavy atom. The molecule has 1 aromatic heterocycles. The van der Waals surface area contributed by atoms with Crippen molar-refractivity contribution in [3.63, 3.8) is 0 Å². The summed E-state index contributed by atoms with van der Waals surface area (Å²) in [7, 11) is 0. The molecule has 0 aliphatic carbocycles. The second kappa shape index (κ2) is 7.51. The minimum Gasteiger partial charge on any atom is -0.337 e. The number of benzene rings is 1. The molecule has 0 radical (unpaired) electrons. The summed E-state index contributed by atoms with van der Waals surface area (Å²) < 4.78 is 0. The van der Waals surface area contributed by atoms with Crippen molar-refractivity contribution in [2.45, 2.75) is 32.6 Å². The predicted molar refractivity (Wildman–Crippen MR) is 105 cm³/mol. The number of hydrogen-bond donors (Lipinski definition) is 0. The van der Waals surface area contributed by atoms with Crippen LogP contribution in [0.15, 0.2) is 42.6 Å². The summed E-state index contributed by atoms with van der Waals surface area (Å²) in [5.41, 5.74) is 3.06. The van der Waals surface area contributed by atoms with Gasteiger partial charge in [-0.15, -0.1) is 0 Å². The number of nitrogens with zero attached hydrogens (tertiary/aromatic N) is 3. The number of amides is 2. The van der Waals surface area contributed by atoms with Crippen molar-refractivity contribution >= 4 is 17.5 Å². The number of aromatic nitrogens is 1. The summed E-state index contributed by atoms with van der Waals surface area (Å²) in [6.45, 7) is 4.40. The maximum absolute atomic E-state index is 13.1. The third-order valence-electron chi connectivity index (χ3n) is 5.53. The average Bonchev–Trinajstić information content (AvgIpc) is 2.72. The van der Waals surface area contributed by atoms with Crippen LogP contribution in [0.2, 0.25) is 0 Å². The number of fused-ring (bicyclic) bond motifs is 1. The lowest BCUT2D eigenvalue weighted by molar-refractivity contribution is 0.0677. The first-order valence-corrected chi connectivity index (χ1v) is 9.78. The zero-order valence-corrected chi connectivity index (χ0v) is 15.7. The van der Waals surface area contributed by atoms with Crippen LogP contribution in [-0.2, 0) is 6.42 Å². The fourth-order valence-corrected chi connectivity index (χ4v) is 4.12. The molecular weight excluding hydrogens is 338 g/mol. The number of likely N-dealkylation sites (tertiary alicyclic amines) is 1. The summed E-state index contributed by atoms with van der Waals surface area (Å²) in [4.78, 5) is 33.9. The number of piperidine rings is 1. The van der Waals surface area contributed by atoms with E-state index < -0.39 is 0 Å². The summed E-state index contributed by atoms with van der Waals surface area (Å²) in [5.74, 6) is 0.373. The van der Waals surface area contributed by atoms with Gasteiger partial charge in [-0.2, -0.15) is 0 Å². The summed E-state index contributed by atoms with van der Waals surface area (Å²) in [5, 5.41) is 0. The van der Waals surface area contributed by atoms with Gasteiger partial charge in [-0.1, -0.05) is 25.1 Å². The molecule has 1 saturated heterocycles. The molecule has 2 aliphatic rings. The van der Waals surface area contributed by atoms with Gasteiger partial charge in [0.15, 0.2) is 0 Å². The van der Waals surface area contributed by atoms with E-state index in [9.17, 15) is 9.59 Å². The first-order chi connectivity index (χ1) is 13.1. The number of rotatable bonds is 2. The van der Waals surface area contributed by atoms with E-state index >= 15 is 0 Å². The molecule has 1 fully saturated rings. The average molecular weight is 363 g/mol. The van der Waals surface area contributed by atoms with E-state index in [1.165, 1.54) is 5.56 Å². The molecule has 0 spiro atoms. The standard InChI is InChI=1S/C22H25N3O2/c1-16-6-4-12-24(15-16)22(27)19-14-18(10-11-23-19)21(26)25-13-5-8-17-7-2-3-9-20(17)25/h2-3,7,9-11,14,16H,4-6,8,12-13,15H2,1H3. The Kier molecular flexibility index (Phi) is 4.92. The quantitative estimate of drug-likeness (QED) is 0.820. The van der Waals surface area contributed by atoms with E-state index in [-0.39, 0.29) is 11.8 Å². The van der Waals surface area contributed by atoms with Crippen LogP contribution in [0.4, 0.5) is 5.69 Å². The van der Waals surface area contributed by atoms with Gasteiger partial charge >= 0.3 is 0 Å². The monoisotopic (exact) mass is 363 g/mol. The molecule has 3 heterocycles. The third kappa shape index (κ3) is 3.59. The molecule has 2 amide bonds. The van der Waals surface area contributed by atoms with Gasteiger partial charge in [0.2, 0.25) is 0 Å². The SMILES string of the molecule is CC1CCCN(C(=O)c2cc(C(=O)N3CCCc4ccccc43)ccn2)C1. The summed E-state index contributed by atoms with van der Waals surface area (Å²) in [6.07, 6.45) is 5.70. The van der Waals surface area contributed by atoms with Crippen molar-refractivity contribution < 1.29 is 9.59 Å². The van der Waals surface area contributed by atoms with Gasteiger partial charge in [-0.3, -0.25) is 14.6 Å². The van der Waals surface area contributed by atoms with Gasteiger partial charge in [-0.05, 0) is 55.4 Å². The molecule has 1 unspecified atom stereocenters. The first kappa shape index (κ1) is 17.7. The molecule has 0 saturated carbocycles. The van der Waals surface area contributed by atoms with E-state index in [0.717, 1.165) is 44.5 Å². The fourth-order valence-electron chi connectivity index (χ4n) is 4.12. The highest BCUT2D eigenvalue weighted by molar-refractivity contribution is 6.07. The molecular formula is C22H25N3O2. The maximum atomic E-state index is 13.1. The van der Waals surface area contributed by atoms with Crippen LogP contribution in [0, 0.1) is 5.92 Å². The molecule has 5 heteroatoms. The normalized spacial score (nSPS) is 19.5. The predicted octanol–water partition coefficient (Wildman–Crippen LogP) is 3.55. The largest absolute Gasteiger partial charge is 0.337 e. The van der Waals surface area contributed by atoms with Gasteiger partial charge in [0.1, 0.15) is 5.69 Å². The molecule has 27 heavy (non-hydrogen) atoms. The second-order valence-electron chi connectivity index (χ2n) is 7.62. The Labute approximate surface area is 160 Å². The van der Waals surface area contributed by atoms with Crippen molar-refractivity contribution in [1.82, 2.24) is 9.88 Å². The summed E-state index contributed by atoms with van der Waals surface area (Å²) in [6, 6.07) is 11.4. The number of para-hydroxylation sites is 1. The highest BCUT2D eigenvalue weighted by Crippen LogP contribution is 2.28. The number of anilines is 1. The van der Waals surface area contributed by atoms with Crippen LogP contribution < -0.4 is 4.90 Å². The maximum Gasteiger partial charge on any atom is 0.272 e. The van der Waals surface area contributed by atoms with Crippen LogP contribution in [0.5, 0.6) is 0 Å². The van der Waals surface area contributed by atoms with Gasteiger partial charge < -0.3 is 9.80 Å². The third-order valence-corrected chi connectivity index (χ3v) is 5.53. The van der Waals surface area contributed by atoms with E-state index in [2.05, 4.69) is 18.0 Å². The molecule has 1 atom stereocenters. The number of carbonyl (C=O) groups excluding carboxylic acids is 2. The smallest absolute Gasteiger partial charge is 0.272 e. The zero-order chi connectivity index (χ0) is 18.8. The van der Waals surface area contributed by atoms with Crippen molar-refractivity contribution in [3.8, 4) is 0 Å². The van der Waals surface area contributed by atoms with Crippen molar-refractivity contribution in [1.29, 1.82) is 0 Å². The highest BCUT2D eigenvalue weighted by Gasteiger charge is 2.26. The van der Waals surface area contributed by atoms with E-state index in [4.69, 9.17) is 0 Å².